The lowest BCUT2D eigenvalue weighted by Gasteiger charge is -2.17. The average molecular weight is 472 g/mol. The highest BCUT2D eigenvalue weighted by molar-refractivity contribution is 6.13. The molecule has 5 aromatic rings. The minimum absolute atomic E-state index is 0.178. The topological polar surface area (TPSA) is 70.6 Å². The van der Waals surface area contributed by atoms with Crippen LogP contribution in [-0.4, -0.2) is 24.6 Å². The number of carbonyl (C=O) groups excluding carboxylic acids is 2. The van der Waals surface area contributed by atoms with Gasteiger partial charge in [0.1, 0.15) is 0 Å². The summed E-state index contributed by atoms with van der Waals surface area (Å²) in [6.07, 6.45) is 1.67. The molecule has 0 saturated carbocycles. The fourth-order valence-corrected chi connectivity index (χ4v) is 4.45. The van der Waals surface area contributed by atoms with Crippen molar-refractivity contribution in [3.63, 3.8) is 0 Å². The molecule has 0 aromatic heterocycles. The number of nitrogens with zero attached hydrogens (tertiary/aromatic N) is 1. The van der Waals surface area contributed by atoms with Crippen LogP contribution in [0.25, 0.3) is 21.5 Å². The molecule has 0 heterocycles. The average Bonchev–Trinajstić information content (AvgIpc) is 2.93. The monoisotopic (exact) mass is 471 g/mol. The van der Waals surface area contributed by atoms with Crippen molar-refractivity contribution < 1.29 is 9.59 Å². The molecule has 0 atom stereocenters. The molecule has 2 amide bonds. The Kier molecular flexibility index (Phi) is 6.81. The third kappa shape index (κ3) is 5.00. The molecule has 36 heavy (non-hydrogen) atoms. The molecule has 5 heteroatoms. The van der Waals surface area contributed by atoms with Crippen LogP contribution in [0.4, 0.5) is 0 Å². The number of hydrogen-bond donors (Lipinski definition) is 2. The number of benzene rings is 5. The Morgan fingerprint density at radius 1 is 0.694 bits per heavy atom. The summed E-state index contributed by atoms with van der Waals surface area (Å²) in [6.45, 7) is -0.178. The number of hydrazone groups is 1. The second kappa shape index (κ2) is 10.7. The summed E-state index contributed by atoms with van der Waals surface area (Å²) >= 11 is 0. The summed E-state index contributed by atoms with van der Waals surface area (Å²) in [5, 5.41) is 11.3. The standard InChI is InChI=1S/C31H25N3O2/c35-29(21-32-31(36)30(22-11-3-1-4-12-22)23-13-5-2-6-14-23)34-33-20-28-26-17-9-7-15-24(26)19-25-16-8-10-18-27(25)28/h1-20,30H,21H2,(H,32,36)(H,34,35)/b33-20+. The maximum Gasteiger partial charge on any atom is 0.259 e. The zero-order valence-corrected chi connectivity index (χ0v) is 19.6. The number of hydrogen-bond acceptors (Lipinski definition) is 3. The van der Waals surface area contributed by atoms with E-state index >= 15 is 0 Å². The number of amides is 2. The van der Waals surface area contributed by atoms with E-state index in [0.29, 0.717) is 0 Å². The molecular weight excluding hydrogens is 446 g/mol. The molecule has 0 aliphatic heterocycles. The Morgan fingerprint density at radius 2 is 1.19 bits per heavy atom. The van der Waals surface area contributed by atoms with Gasteiger partial charge in [-0.1, -0.05) is 109 Å². The number of fused-ring (bicyclic) bond motifs is 2. The van der Waals surface area contributed by atoms with Gasteiger partial charge in [-0.2, -0.15) is 5.10 Å². The first-order chi connectivity index (χ1) is 17.7. The summed E-state index contributed by atoms with van der Waals surface area (Å²) in [5.41, 5.74) is 5.21. The van der Waals surface area contributed by atoms with E-state index in [-0.39, 0.29) is 12.5 Å². The molecule has 0 spiro atoms. The van der Waals surface area contributed by atoms with Crippen LogP contribution in [0, 0.1) is 0 Å². The minimum Gasteiger partial charge on any atom is -0.346 e. The van der Waals surface area contributed by atoms with Crippen LogP contribution in [0.3, 0.4) is 0 Å². The third-order valence-electron chi connectivity index (χ3n) is 6.15. The number of nitrogens with one attached hydrogen (secondary N) is 2. The van der Waals surface area contributed by atoms with E-state index in [1.54, 1.807) is 6.21 Å². The largest absolute Gasteiger partial charge is 0.346 e. The van der Waals surface area contributed by atoms with Gasteiger partial charge < -0.3 is 5.32 Å². The Labute approximate surface area is 209 Å². The predicted molar refractivity (Wildman–Crippen MR) is 145 cm³/mol. The molecule has 0 saturated heterocycles. The highest BCUT2D eigenvalue weighted by atomic mass is 16.2. The van der Waals surface area contributed by atoms with Crippen molar-refractivity contribution in [2.45, 2.75) is 5.92 Å². The van der Waals surface area contributed by atoms with E-state index in [1.807, 2.05) is 97.1 Å². The van der Waals surface area contributed by atoms with Crippen LogP contribution in [0.5, 0.6) is 0 Å². The molecule has 0 radical (unpaired) electrons. The summed E-state index contributed by atoms with van der Waals surface area (Å²) in [4.78, 5) is 25.6. The van der Waals surface area contributed by atoms with Gasteiger partial charge in [0.05, 0.1) is 18.7 Å². The molecule has 0 unspecified atom stereocenters. The van der Waals surface area contributed by atoms with E-state index in [1.165, 1.54) is 0 Å². The van der Waals surface area contributed by atoms with Gasteiger partial charge in [0.15, 0.2) is 0 Å². The summed E-state index contributed by atoms with van der Waals surface area (Å²) in [7, 11) is 0. The fraction of sp³-hybridized carbons (Fsp3) is 0.0645. The van der Waals surface area contributed by atoms with Gasteiger partial charge in [0, 0.05) is 5.56 Å². The Morgan fingerprint density at radius 3 is 1.75 bits per heavy atom. The van der Waals surface area contributed by atoms with E-state index in [0.717, 1.165) is 38.2 Å². The molecule has 5 rings (SSSR count). The number of rotatable bonds is 7. The second-order valence-corrected chi connectivity index (χ2v) is 8.50. The van der Waals surface area contributed by atoms with Crippen LogP contribution < -0.4 is 10.7 Å². The molecule has 2 N–H and O–H groups in total. The fourth-order valence-electron chi connectivity index (χ4n) is 4.45. The van der Waals surface area contributed by atoms with Gasteiger partial charge in [0.25, 0.3) is 5.91 Å². The van der Waals surface area contributed by atoms with Crippen LogP contribution in [-0.2, 0) is 9.59 Å². The van der Waals surface area contributed by atoms with Crippen molar-refractivity contribution in [2.75, 3.05) is 6.54 Å². The third-order valence-corrected chi connectivity index (χ3v) is 6.15. The highest BCUT2D eigenvalue weighted by Crippen LogP contribution is 2.27. The Balaban J connectivity index is 1.29. The maximum absolute atomic E-state index is 13.1. The summed E-state index contributed by atoms with van der Waals surface area (Å²) in [6, 6.07) is 37.4. The van der Waals surface area contributed by atoms with Gasteiger partial charge in [-0.3, -0.25) is 9.59 Å². The molecular formula is C31H25N3O2. The first-order valence-electron chi connectivity index (χ1n) is 11.8. The van der Waals surface area contributed by atoms with Gasteiger partial charge in [-0.15, -0.1) is 0 Å². The second-order valence-electron chi connectivity index (χ2n) is 8.50. The van der Waals surface area contributed by atoms with Gasteiger partial charge in [-0.25, -0.2) is 5.43 Å². The van der Waals surface area contributed by atoms with Crippen LogP contribution in [0.1, 0.15) is 22.6 Å². The quantitative estimate of drug-likeness (QED) is 0.190. The zero-order chi connectivity index (χ0) is 24.7. The lowest BCUT2D eigenvalue weighted by atomic mass is 9.90. The minimum atomic E-state index is -0.509. The predicted octanol–water partition coefficient (Wildman–Crippen LogP) is 5.39. The van der Waals surface area contributed by atoms with Gasteiger partial charge in [0.2, 0.25) is 5.91 Å². The van der Waals surface area contributed by atoms with Crippen LogP contribution >= 0.6 is 0 Å². The molecule has 5 nitrogen and oxygen atoms in total. The van der Waals surface area contributed by atoms with Crippen molar-refractivity contribution in [1.29, 1.82) is 0 Å². The Hall–Kier alpha value is -4.77. The molecule has 0 bridgehead atoms. The van der Waals surface area contributed by atoms with E-state index in [4.69, 9.17) is 0 Å². The lowest BCUT2D eigenvalue weighted by molar-refractivity contribution is -0.126. The van der Waals surface area contributed by atoms with Crippen LogP contribution in [0.15, 0.2) is 120 Å². The number of carbonyl (C=O) groups is 2. The smallest absolute Gasteiger partial charge is 0.259 e. The SMILES string of the molecule is O=C(CNC(=O)C(c1ccccc1)c1ccccc1)N/N=C/c1c2ccccc2cc2ccccc12. The van der Waals surface area contributed by atoms with E-state index in [2.05, 4.69) is 34.0 Å². The van der Waals surface area contributed by atoms with Gasteiger partial charge >= 0.3 is 0 Å². The zero-order valence-electron chi connectivity index (χ0n) is 19.6. The summed E-state index contributed by atoms with van der Waals surface area (Å²) in [5.74, 6) is -1.15. The van der Waals surface area contributed by atoms with Gasteiger partial charge in [-0.05, 0) is 38.7 Å². The normalized spacial score (nSPS) is 11.2. The molecule has 0 fully saturated rings. The molecule has 176 valence electrons. The van der Waals surface area contributed by atoms with Crippen LogP contribution in [0.2, 0.25) is 0 Å². The lowest BCUT2D eigenvalue weighted by Crippen LogP contribution is -2.37. The maximum atomic E-state index is 13.1. The Bertz CT molecular complexity index is 1450. The van der Waals surface area contributed by atoms with Crippen molar-refractivity contribution in [2.24, 2.45) is 5.10 Å². The van der Waals surface area contributed by atoms with Crippen molar-refractivity contribution >= 4 is 39.6 Å². The highest BCUT2D eigenvalue weighted by Gasteiger charge is 2.22. The molecule has 0 aliphatic rings. The first kappa shape index (κ1) is 23.0. The van der Waals surface area contributed by atoms with Crippen molar-refractivity contribution in [1.82, 2.24) is 10.7 Å². The molecule has 0 aliphatic carbocycles. The van der Waals surface area contributed by atoms with Crippen molar-refractivity contribution in [3.8, 4) is 0 Å². The first-order valence-corrected chi connectivity index (χ1v) is 11.8. The van der Waals surface area contributed by atoms with E-state index < -0.39 is 11.8 Å². The van der Waals surface area contributed by atoms with Crippen molar-refractivity contribution in [3.05, 3.63) is 132 Å². The van der Waals surface area contributed by atoms with E-state index in [9.17, 15) is 9.59 Å². The summed E-state index contributed by atoms with van der Waals surface area (Å²) < 4.78 is 0. The molecule has 5 aromatic carbocycles.